The summed E-state index contributed by atoms with van der Waals surface area (Å²) in [7, 11) is 0. The van der Waals surface area contributed by atoms with Crippen LogP contribution in [0, 0.1) is 11.7 Å². The molecule has 16 heavy (non-hydrogen) atoms. The maximum absolute atomic E-state index is 13.5. The van der Waals surface area contributed by atoms with Gasteiger partial charge in [-0.25, -0.2) is 4.39 Å². The molecule has 1 aromatic carbocycles. The monoisotopic (exact) mass is 262 g/mol. The van der Waals surface area contributed by atoms with Gasteiger partial charge in [-0.2, -0.15) is 0 Å². The van der Waals surface area contributed by atoms with E-state index in [1.807, 2.05) is 0 Å². The van der Waals surface area contributed by atoms with E-state index in [-0.39, 0.29) is 6.42 Å². The minimum absolute atomic E-state index is 0.278. The van der Waals surface area contributed by atoms with Crippen molar-refractivity contribution in [2.45, 2.75) is 18.2 Å². The zero-order chi connectivity index (χ0) is 12.3. The van der Waals surface area contributed by atoms with Crippen molar-refractivity contribution in [1.82, 2.24) is 0 Å². The molecule has 0 saturated carbocycles. The lowest BCUT2D eigenvalue weighted by atomic mass is 10.0. The Bertz CT molecular complexity index is 386. The summed E-state index contributed by atoms with van der Waals surface area (Å²) >= 11 is 7.12. The number of carboxylic acids is 1. The van der Waals surface area contributed by atoms with E-state index in [4.69, 9.17) is 16.7 Å². The Balaban J connectivity index is 2.96. The molecule has 0 aliphatic heterocycles. The minimum atomic E-state index is -0.898. The van der Waals surface area contributed by atoms with Gasteiger partial charge in [0.05, 0.1) is 15.8 Å². The topological polar surface area (TPSA) is 37.3 Å². The molecule has 1 rings (SSSR count). The Morgan fingerprint density at radius 1 is 1.62 bits per heavy atom. The molecule has 1 aromatic rings. The number of carboxylic acid groups (broad SMARTS) is 1. The van der Waals surface area contributed by atoms with Gasteiger partial charge >= 0.3 is 5.97 Å². The smallest absolute Gasteiger partial charge is 0.306 e. The summed E-state index contributed by atoms with van der Waals surface area (Å²) in [6.07, 6.45) is 2.02. The predicted octanol–water partition coefficient (Wildman–Crippen LogP) is 3.46. The van der Waals surface area contributed by atoms with Crippen molar-refractivity contribution in [1.29, 1.82) is 0 Å². The van der Waals surface area contributed by atoms with Crippen LogP contribution in [0.2, 0.25) is 5.02 Å². The highest BCUT2D eigenvalue weighted by molar-refractivity contribution is 7.98. The van der Waals surface area contributed by atoms with Crippen molar-refractivity contribution in [3.8, 4) is 0 Å². The summed E-state index contributed by atoms with van der Waals surface area (Å²) in [5.74, 6) is -1.84. The average molecular weight is 263 g/mol. The quantitative estimate of drug-likeness (QED) is 0.845. The number of hydrogen-bond donors (Lipinski definition) is 1. The third kappa shape index (κ3) is 3.12. The van der Waals surface area contributed by atoms with Crippen LogP contribution in [0.4, 0.5) is 4.39 Å². The van der Waals surface area contributed by atoms with Gasteiger partial charge < -0.3 is 5.11 Å². The van der Waals surface area contributed by atoms with E-state index in [1.54, 1.807) is 19.2 Å². The molecule has 0 saturated heterocycles. The van der Waals surface area contributed by atoms with Crippen LogP contribution in [0.1, 0.15) is 12.5 Å². The molecule has 5 heteroatoms. The van der Waals surface area contributed by atoms with Gasteiger partial charge in [0.2, 0.25) is 0 Å². The zero-order valence-electron chi connectivity index (χ0n) is 8.96. The van der Waals surface area contributed by atoms with E-state index in [1.165, 1.54) is 17.8 Å². The summed E-state index contributed by atoms with van der Waals surface area (Å²) in [6, 6.07) is 2.97. The van der Waals surface area contributed by atoms with Crippen LogP contribution in [-0.4, -0.2) is 17.3 Å². The van der Waals surface area contributed by atoms with E-state index < -0.39 is 17.7 Å². The van der Waals surface area contributed by atoms with Gasteiger partial charge in [0.15, 0.2) is 0 Å². The number of hydrogen-bond acceptors (Lipinski definition) is 2. The molecule has 1 N–H and O–H groups in total. The highest BCUT2D eigenvalue weighted by atomic mass is 35.5. The Labute approximate surface area is 103 Å². The highest BCUT2D eigenvalue weighted by Crippen LogP contribution is 2.30. The Morgan fingerprint density at radius 3 is 2.69 bits per heavy atom. The van der Waals surface area contributed by atoms with Crippen molar-refractivity contribution < 1.29 is 14.3 Å². The van der Waals surface area contributed by atoms with Crippen LogP contribution >= 0.6 is 23.4 Å². The van der Waals surface area contributed by atoms with E-state index in [9.17, 15) is 9.18 Å². The lowest BCUT2D eigenvalue weighted by Crippen LogP contribution is -2.12. The first-order valence-corrected chi connectivity index (χ1v) is 6.30. The van der Waals surface area contributed by atoms with Gasteiger partial charge in [-0.3, -0.25) is 4.79 Å². The van der Waals surface area contributed by atoms with Gasteiger partial charge in [-0.1, -0.05) is 18.5 Å². The third-order valence-corrected chi connectivity index (χ3v) is 3.46. The van der Waals surface area contributed by atoms with Crippen LogP contribution in [0.15, 0.2) is 17.0 Å². The van der Waals surface area contributed by atoms with Crippen molar-refractivity contribution in [3.05, 3.63) is 28.5 Å². The molecular weight excluding hydrogens is 251 g/mol. The van der Waals surface area contributed by atoms with Crippen molar-refractivity contribution >= 4 is 29.3 Å². The van der Waals surface area contributed by atoms with Gasteiger partial charge in [0.1, 0.15) is 5.82 Å². The Morgan fingerprint density at radius 2 is 2.25 bits per heavy atom. The van der Waals surface area contributed by atoms with Crippen LogP contribution in [0.5, 0.6) is 0 Å². The van der Waals surface area contributed by atoms with Crippen LogP contribution in [-0.2, 0) is 11.2 Å². The summed E-state index contributed by atoms with van der Waals surface area (Å²) in [5, 5.41) is 9.09. The molecule has 0 radical (unpaired) electrons. The summed E-state index contributed by atoms with van der Waals surface area (Å²) in [5.41, 5.74) is 0.607. The Hall–Kier alpha value is -0.740. The first-order chi connectivity index (χ1) is 7.45. The normalized spacial score (nSPS) is 12.5. The number of carbonyl (C=O) groups is 1. The molecule has 0 aliphatic carbocycles. The largest absolute Gasteiger partial charge is 0.481 e. The molecule has 0 heterocycles. The third-order valence-electron chi connectivity index (χ3n) is 2.23. The van der Waals surface area contributed by atoms with Crippen molar-refractivity contribution in [2.24, 2.45) is 5.92 Å². The molecule has 2 nitrogen and oxygen atoms in total. The van der Waals surface area contributed by atoms with Crippen LogP contribution in [0.3, 0.4) is 0 Å². The standard InChI is InChI=1S/C11H12ClFO2S/c1-6(11(14)15)3-7-4-8(12)10(16-2)9(13)5-7/h4-6H,3H2,1-2H3,(H,14,15). The second kappa shape index (κ2) is 5.55. The molecule has 1 unspecified atom stereocenters. The molecule has 88 valence electrons. The number of thioether (sulfide) groups is 1. The molecule has 0 aliphatic rings. The van der Waals surface area contributed by atoms with E-state index in [0.29, 0.717) is 15.5 Å². The number of halogens is 2. The summed E-state index contributed by atoms with van der Waals surface area (Å²) in [6.45, 7) is 1.58. The first-order valence-electron chi connectivity index (χ1n) is 4.70. The van der Waals surface area contributed by atoms with Gasteiger partial charge in [-0.05, 0) is 30.4 Å². The Kier molecular flexibility index (Phi) is 4.62. The van der Waals surface area contributed by atoms with Crippen molar-refractivity contribution in [3.63, 3.8) is 0 Å². The highest BCUT2D eigenvalue weighted by Gasteiger charge is 2.14. The average Bonchev–Trinajstić information content (AvgIpc) is 2.16. The maximum Gasteiger partial charge on any atom is 0.306 e. The summed E-state index contributed by atoms with van der Waals surface area (Å²) in [4.78, 5) is 11.1. The van der Waals surface area contributed by atoms with E-state index in [2.05, 4.69) is 0 Å². The van der Waals surface area contributed by atoms with Gasteiger partial charge in [0.25, 0.3) is 0 Å². The fourth-order valence-corrected chi connectivity index (χ4v) is 2.34. The molecular formula is C11H12ClFO2S. The number of rotatable bonds is 4. The zero-order valence-corrected chi connectivity index (χ0v) is 10.5. The molecule has 0 spiro atoms. The molecule has 1 atom stereocenters. The fourth-order valence-electron chi connectivity index (χ4n) is 1.37. The van der Waals surface area contributed by atoms with Crippen LogP contribution in [0.25, 0.3) is 0 Å². The van der Waals surface area contributed by atoms with Crippen LogP contribution < -0.4 is 0 Å². The fraction of sp³-hybridized carbons (Fsp3) is 0.364. The maximum atomic E-state index is 13.5. The van der Waals surface area contributed by atoms with E-state index in [0.717, 1.165) is 0 Å². The second-order valence-electron chi connectivity index (χ2n) is 3.54. The molecule has 0 amide bonds. The second-order valence-corrected chi connectivity index (χ2v) is 4.76. The van der Waals surface area contributed by atoms with Gasteiger partial charge in [0, 0.05) is 0 Å². The lowest BCUT2D eigenvalue weighted by Gasteiger charge is -2.09. The number of benzene rings is 1. The predicted molar refractivity (Wildman–Crippen MR) is 63.7 cm³/mol. The minimum Gasteiger partial charge on any atom is -0.481 e. The number of aliphatic carboxylic acids is 1. The molecule has 0 aromatic heterocycles. The van der Waals surface area contributed by atoms with Crippen molar-refractivity contribution in [2.75, 3.05) is 6.26 Å². The lowest BCUT2D eigenvalue weighted by molar-refractivity contribution is -0.141. The van der Waals surface area contributed by atoms with E-state index >= 15 is 0 Å². The summed E-state index contributed by atoms with van der Waals surface area (Å²) < 4.78 is 13.5. The molecule has 0 bridgehead atoms. The SMILES string of the molecule is CSc1c(F)cc(CC(C)C(=O)O)cc1Cl. The first kappa shape index (κ1) is 13.3. The van der Waals surface area contributed by atoms with Gasteiger partial charge in [-0.15, -0.1) is 11.8 Å². The molecule has 0 fully saturated rings.